The van der Waals surface area contributed by atoms with Crippen molar-refractivity contribution in [1.29, 1.82) is 5.26 Å². The van der Waals surface area contributed by atoms with Crippen molar-refractivity contribution >= 4 is 11.7 Å². The van der Waals surface area contributed by atoms with Crippen LogP contribution in [0.1, 0.15) is 30.2 Å². The van der Waals surface area contributed by atoms with Gasteiger partial charge in [0.25, 0.3) is 12.1 Å². The van der Waals surface area contributed by atoms with E-state index in [1.54, 1.807) is 0 Å². The van der Waals surface area contributed by atoms with Crippen molar-refractivity contribution in [3.05, 3.63) is 33.1 Å². The van der Waals surface area contributed by atoms with Gasteiger partial charge in [0.2, 0.25) is 0 Å². The first-order chi connectivity index (χ1) is 9.42. The largest absolute Gasteiger partial charge is 0.466 e. The molecule has 0 bridgehead atoms. The molecule has 0 aliphatic rings. The maximum atomic E-state index is 12.8. The molecule has 1 rings (SSSR count). The number of rotatable bonds is 5. The van der Waals surface area contributed by atoms with E-state index >= 15 is 0 Å². The van der Waals surface area contributed by atoms with E-state index in [0.717, 1.165) is 0 Å². The summed E-state index contributed by atoms with van der Waals surface area (Å²) in [5.41, 5.74) is -2.82. The van der Waals surface area contributed by atoms with Crippen LogP contribution in [0.5, 0.6) is 0 Å². The summed E-state index contributed by atoms with van der Waals surface area (Å²) in [6.45, 7) is 1.51. The second-order valence-electron chi connectivity index (χ2n) is 3.54. The van der Waals surface area contributed by atoms with Crippen molar-refractivity contribution in [2.45, 2.75) is 19.8 Å². The minimum Gasteiger partial charge on any atom is -0.466 e. The van der Waals surface area contributed by atoms with Crippen LogP contribution in [0.15, 0.2) is 6.20 Å². The van der Waals surface area contributed by atoms with Gasteiger partial charge in [-0.05, 0) is 6.92 Å². The number of halogens is 2. The molecule has 0 spiro atoms. The Balaban J connectivity index is 3.45. The molecule has 1 heterocycles. The Labute approximate surface area is 111 Å². The van der Waals surface area contributed by atoms with Crippen LogP contribution in [0, 0.1) is 21.4 Å². The van der Waals surface area contributed by atoms with E-state index in [-0.39, 0.29) is 6.61 Å². The number of pyridine rings is 1. The highest BCUT2D eigenvalue weighted by molar-refractivity contribution is 5.75. The Morgan fingerprint density at radius 1 is 1.65 bits per heavy atom. The summed E-state index contributed by atoms with van der Waals surface area (Å²) >= 11 is 0. The van der Waals surface area contributed by atoms with Gasteiger partial charge in [-0.1, -0.05) is 0 Å². The average Bonchev–Trinajstić information content (AvgIpc) is 2.37. The van der Waals surface area contributed by atoms with Crippen molar-refractivity contribution < 1.29 is 23.2 Å². The molecule has 0 aliphatic heterocycles. The van der Waals surface area contributed by atoms with Crippen molar-refractivity contribution in [2.75, 3.05) is 6.61 Å². The maximum absolute atomic E-state index is 12.8. The first kappa shape index (κ1) is 15.4. The molecule has 0 saturated heterocycles. The fourth-order valence-corrected chi connectivity index (χ4v) is 1.57. The van der Waals surface area contributed by atoms with E-state index < -0.39 is 46.2 Å². The van der Waals surface area contributed by atoms with Crippen LogP contribution in [0.4, 0.5) is 14.5 Å². The molecule has 0 atom stereocenters. The first-order valence-corrected chi connectivity index (χ1v) is 5.42. The Morgan fingerprint density at radius 3 is 2.75 bits per heavy atom. The number of hydrogen-bond acceptors (Lipinski definition) is 6. The highest BCUT2D eigenvalue weighted by atomic mass is 19.3. The third-order valence-corrected chi connectivity index (χ3v) is 2.32. The van der Waals surface area contributed by atoms with Crippen LogP contribution < -0.4 is 0 Å². The Kier molecular flexibility index (Phi) is 5.02. The van der Waals surface area contributed by atoms with Crippen LogP contribution >= 0.6 is 0 Å². The van der Waals surface area contributed by atoms with Gasteiger partial charge >= 0.3 is 5.97 Å². The van der Waals surface area contributed by atoms with Crippen LogP contribution in [-0.4, -0.2) is 22.5 Å². The Bertz CT molecular complexity index is 584. The van der Waals surface area contributed by atoms with Gasteiger partial charge in [-0.15, -0.1) is 0 Å². The fraction of sp³-hybridized carbons (Fsp3) is 0.364. The number of alkyl halides is 2. The second kappa shape index (κ2) is 6.51. The first-order valence-electron chi connectivity index (χ1n) is 5.42. The van der Waals surface area contributed by atoms with E-state index in [0.29, 0.717) is 6.20 Å². The van der Waals surface area contributed by atoms with Gasteiger partial charge < -0.3 is 4.74 Å². The lowest BCUT2D eigenvalue weighted by molar-refractivity contribution is -0.386. The molecule has 9 heteroatoms. The highest BCUT2D eigenvalue weighted by Crippen LogP contribution is 2.31. The van der Waals surface area contributed by atoms with Gasteiger partial charge in [-0.2, -0.15) is 5.26 Å². The number of aromatic nitrogens is 1. The molecule has 1 aromatic heterocycles. The summed E-state index contributed by atoms with van der Waals surface area (Å²) in [6, 6.07) is 1.49. The number of hydrogen-bond donors (Lipinski definition) is 0. The summed E-state index contributed by atoms with van der Waals surface area (Å²) in [5, 5.41) is 19.7. The third kappa shape index (κ3) is 3.23. The van der Waals surface area contributed by atoms with E-state index in [4.69, 9.17) is 5.26 Å². The zero-order valence-electron chi connectivity index (χ0n) is 10.3. The zero-order chi connectivity index (χ0) is 15.3. The topological polar surface area (TPSA) is 106 Å². The van der Waals surface area contributed by atoms with Gasteiger partial charge in [-0.25, -0.2) is 8.78 Å². The molecule has 0 amide bonds. The van der Waals surface area contributed by atoms with Crippen molar-refractivity contribution in [2.24, 2.45) is 0 Å². The second-order valence-corrected chi connectivity index (χ2v) is 3.54. The molecule has 106 valence electrons. The molecular weight excluding hydrogens is 276 g/mol. The SMILES string of the molecule is CCOC(=O)Cc1c(C(F)F)ncc(C#N)c1[N+](=O)[O-]. The van der Waals surface area contributed by atoms with Crippen molar-refractivity contribution in [1.82, 2.24) is 4.98 Å². The van der Waals surface area contributed by atoms with Crippen molar-refractivity contribution in [3.63, 3.8) is 0 Å². The van der Waals surface area contributed by atoms with Crippen LogP contribution in [0.25, 0.3) is 0 Å². The van der Waals surface area contributed by atoms with Gasteiger partial charge in [0.05, 0.1) is 29.7 Å². The number of nitro groups is 1. The van der Waals surface area contributed by atoms with Gasteiger partial charge in [0.15, 0.2) is 0 Å². The monoisotopic (exact) mass is 285 g/mol. The quantitative estimate of drug-likeness (QED) is 0.464. The minimum atomic E-state index is -3.11. The maximum Gasteiger partial charge on any atom is 0.310 e. The van der Waals surface area contributed by atoms with E-state index in [9.17, 15) is 23.7 Å². The average molecular weight is 285 g/mol. The fourth-order valence-electron chi connectivity index (χ4n) is 1.57. The molecule has 0 radical (unpaired) electrons. The predicted molar refractivity (Wildman–Crippen MR) is 60.9 cm³/mol. The molecule has 0 unspecified atom stereocenters. The summed E-state index contributed by atoms with van der Waals surface area (Å²) in [7, 11) is 0. The highest BCUT2D eigenvalue weighted by Gasteiger charge is 2.30. The molecule has 0 aromatic carbocycles. The number of nitriles is 1. The lowest BCUT2D eigenvalue weighted by Gasteiger charge is -2.09. The number of carbonyl (C=O) groups is 1. The predicted octanol–water partition coefficient (Wildman–Crippen LogP) is 1.90. The molecule has 0 saturated carbocycles. The Morgan fingerprint density at radius 2 is 2.30 bits per heavy atom. The minimum absolute atomic E-state index is 0.00200. The normalized spacial score (nSPS) is 10.2. The lowest BCUT2D eigenvalue weighted by atomic mass is 10.0. The van der Waals surface area contributed by atoms with Gasteiger partial charge in [0, 0.05) is 0 Å². The summed E-state index contributed by atoms with van der Waals surface area (Å²) in [5.74, 6) is -0.908. The molecule has 7 nitrogen and oxygen atoms in total. The smallest absolute Gasteiger partial charge is 0.310 e. The summed E-state index contributed by atoms with van der Waals surface area (Å²) in [4.78, 5) is 24.6. The number of ether oxygens (including phenoxy) is 1. The van der Waals surface area contributed by atoms with Gasteiger partial charge in [-0.3, -0.25) is 19.9 Å². The molecule has 0 N–H and O–H groups in total. The third-order valence-electron chi connectivity index (χ3n) is 2.32. The molecular formula is C11H9F2N3O4. The lowest BCUT2D eigenvalue weighted by Crippen LogP contribution is -2.13. The molecule has 0 aliphatic carbocycles. The van der Waals surface area contributed by atoms with E-state index in [1.807, 2.05) is 0 Å². The van der Waals surface area contributed by atoms with Crippen LogP contribution in [-0.2, 0) is 16.0 Å². The number of carbonyl (C=O) groups excluding carboxylic acids is 1. The summed E-state index contributed by atoms with van der Waals surface area (Å²) < 4.78 is 30.2. The van der Waals surface area contributed by atoms with Crippen molar-refractivity contribution in [3.8, 4) is 6.07 Å². The van der Waals surface area contributed by atoms with Crippen LogP contribution in [0.2, 0.25) is 0 Å². The molecule has 0 fully saturated rings. The number of nitrogens with zero attached hydrogens (tertiary/aromatic N) is 3. The zero-order valence-corrected chi connectivity index (χ0v) is 10.3. The number of esters is 1. The van der Waals surface area contributed by atoms with E-state index in [2.05, 4.69) is 9.72 Å². The van der Waals surface area contributed by atoms with Gasteiger partial charge in [0.1, 0.15) is 17.3 Å². The Hall–Kier alpha value is -2.63. The summed E-state index contributed by atoms with van der Waals surface area (Å²) in [6.07, 6.45) is -3.16. The molecule has 20 heavy (non-hydrogen) atoms. The standard InChI is InChI=1S/C11H9F2N3O4/c1-2-20-8(17)3-7-9(11(12)13)15-5-6(4-14)10(7)16(18)19/h5,11H,2-3H2,1H3. The van der Waals surface area contributed by atoms with E-state index in [1.165, 1.54) is 13.0 Å². The molecule has 1 aromatic rings. The van der Waals surface area contributed by atoms with Crippen LogP contribution in [0.3, 0.4) is 0 Å².